The van der Waals surface area contributed by atoms with E-state index >= 15 is 0 Å². The van der Waals surface area contributed by atoms with Crippen LogP contribution in [0.25, 0.3) is 0 Å². The zero-order valence-corrected chi connectivity index (χ0v) is 24.8. The molecule has 0 aromatic carbocycles. The molecule has 3 nitrogen and oxygen atoms in total. The maximum Gasteiger partial charge on any atom is 0.273 e. The molecule has 0 radical (unpaired) electrons. The van der Waals surface area contributed by atoms with Gasteiger partial charge in [-0.05, 0) is 126 Å². The summed E-state index contributed by atoms with van der Waals surface area (Å²) in [5, 5.41) is 29.3. The first-order chi connectivity index (χ1) is 17.0. The molecular weight excluding hydrogens is 470 g/mol. The molecule has 216 valence electrons. The molecule has 0 amide bonds. The topological polar surface area (TPSA) is 60.7 Å². The van der Waals surface area contributed by atoms with E-state index in [2.05, 4.69) is 26.8 Å². The molecule has 4 rings (SSSR count). The first-order valence-corrected chi connectivity index (χ1v) is 15.2. The van der Waals surface area contributed by atoms with Crippen molar-refractivity contribution in [3.05, 3.63) is 11.6 Å². The molecule has 4 aliphatic carbocycles. The fourth-order valence-electron chi connectivity index (χ4n) is 8.68. The van der Waals surface area contributed by atoms with Crippen molar-refractivity contribution in [1.82, 2.24) is 0 Å². The smallest absolute Gasteiger partial charge is 0.273 e. The highest BCUT2D eigenvalue weighted by Crippen LogP contribution is 2.67. The van der Waals surface area contributed by atoms with Gasteiger partial charge in [0.2, 0.25) is 0 Å². The van der Waals surface area contributed by atoms with E-state index < -0.39 is 23.2 Å². The Balaban J connectivity index is 0.000000414. The lowest BCUT2D eigenvalue weighted by Crippen LogP contribution is -2.51. The molecule has 4 aliphatic rings. The van der Waals surface area contributed by atoms with Crippen LogP contribution < -0.4 is 0 Å². The SMILES string of the molecule is CC(O)C(F)(F)CCC1CCC2C3CC=C4C[C@@](C)(O)CCC4(C)C3CCC12C.CCC[C@](C)(O)CC. The summed E-state index contributed by atoms with van der Waals surface area (Å²) in [4.78, 5) is 0. The maximum atomic E-state index is 14.0. The Morgan fingerprint density at radius 1 is 1.03 bits per heavy atom. The van der Waals surface area contributed by atoms with E-state index in [-0.39, 0.29) is 17.3 Å². The van der Waals surface area contributed by atoms with Crippen molar-refractivity contribution in [2.24, 2.45) is 34.5 Å². The molecule has 3 fully saturated rings. The van der Waals surface area contributed by atoms with Gasteiger partial charge in [0.25, 0.3) is 5.92 Å². The normalized spacial score (nSPS) is 41.8. The Bertz CT molecular complexity index is 804. The highest BCUT2D eigenvalue weighted by atomic mass is 19.3. The van der Waals surface area contributed by atoms with Crippen LogP contribution in [0.5, 0.6) is 0 Å². The third kappa shape index (κ3) is 6.46. The van der Waals surface area contributed by atoms with Crippen molar-refractivity contribution < 1.29 is 24.1 Å². The van der Waals surface area contributed by atoms with Crippen molar-refractivity contribution >= 4 is 0 Å². The minimum atomic E-state index is -2.97. The van der Waals surface area contributed by atoms with Crippen LogP contribution in [0, 0.1) is 34.5 Å². The summed E-state index contributed by atoms with van der Waals surface area (Å²) in [5.74, 6) is -0.658. The van der Waals surface area contributed by atoms with E-state index in [0.29, 0.717) is 30.1 Å². The molecule has 37 heavy (non-hydrogen) atoms. The molecule has 7 unspecified atom stereocenters. The summed E-state index contributed by atoms with van der Waals surface area (Å²) >= 11 is 0. The van der Waals surface area contributed by atoms with Crippen molar-refractivity contribution in [3.8, 4) is 0 Å². The molecule has 0 bridgehead atoms. The summed E-state index contributed by atoms with van der Waals surface area (Å²) < 4.78 is 28.1. The average Bonchev–Trinajstić information content (AvgIpc) is 3.15. The number of alkyl halides is 2. The predicted octanol–water partition coefficient (Wildman–Crippen LogP) is 8.06. The fourth-order valence-corrected chi connectivity index (χ4v) is 8.68. The molecule has 0 saturated heterocycles. The van der Waals surface area contributed by atoms with Gasteiger partial charge in [-0.3, -0.25) is 0 Å². The van der Waals surface area contributed by atoms with E-state index in [0.717, 1.165) is 57.8 Å². The van der Waals surface area contributed by atoms with E-state index in [1.54, 1.807) is 0 Å². The number of hydrogen-bond donors (Lipinski definition) is 3. The van der Waals surface area contributed by atoms with E-state index in [9.17, 15) is 24.1 Å². The lowest BCUT2D eigenvalue weighted by Gasteiger charge is -2.59. The molecule has 0 aromatic rings. The lowest BCUT2D eigenvalue weighted by atomic mass is 9.46. The first kappa shape index (κ1) is 31.0. The van der Waals surface area contributed by atoms with Gasteiger partial charge in [-0.25, -0.2) is 8.78 Å². The molecule has 0 heterocycles. The number of aliphatic hydroxyl groups excluding tert-OH is 1. The standard InChI is InChI=1S/C25H40F2O2.C7H16O/c1-16(28)25(26,27)12-9-17-6-8-20-19-7-5-18-15-22(2,29)13-14-24(18,4)21(19)10-11-23(17,20)3;1-4-6-7(3,8)5-2/h5,16-17,19-21,28-29H,6-15H2,1-4H3;8H,4-6H2,1-3H3/t16?,17?,19?,20?,21?,22-,23?,24?;7-/m01/s1. The second-order valence-electron chi connectivity index (χ2n) is 14.3. The van der Waals surface area contributed by atoms with Gasteiger partial charge in [0.15, 0.2) is 0 Å². The van der Waals surface area contributed by atoms with Crippen LogP contribution in [-0.4, -0.2) is 38.5 Å². The second-order valence-corrected chi connectivity index (χ2v) is 14.3. The number of aliphatic hydroxyl groups is 3. The van der Waals surface area contributed by atoms with E-state index in [1.165, 1.54) is 25.3 Å². The highest BCUT2D eigenvalue weighted by molar-refractivity contribution is 5.26. The quantitative estimate of drug-likeness (QED) is 0.294. The third-order valence-corrected chi connectivity index (χ3v) is 11.6. The number of allylic oxidation sites excluding steroid dienone is 1. The minimum Gasteiger partial charge on any atom is -0.390 e. The summed E-state index contributed by atoms with van der Waals surface area (Å²) in [6.45, 7) is 14.0. The maximum absolute atomic E-state index is 14.0. The van der Waals surface area contributed by atoms with E-state index in [1.807, 2.05) is 20.8 Å². The van der Waals surface area contributed by atoms with Gasteiger partial charge in [-0.2, -0.15) is 0 Å². The number of hydrogen-bond acceptors (Lipinski definition) is 3. The molecule has 9 atom stereocenters. The summed E-state index contributed by atoms with van der Waals surface area (Å²) in [6, 6.07) is 0. The first-order valence-electron chi connectivity index (χ1n) is 15.2. The van der Waals surface area contributed by atoms with Crippen LogP contribution in [0.1, 0.15) is 132 Å². The Morgan fingerprint density at radius 2 is 1.70 bits per heavy atom. The van der Waals surface area contributed by atoms with Crippen LogP contribution in [0.3, 0.4) is 0 Å². The van der Waals surface area contributed by atoms with Gasteiger partial charge in [0.05, 0.1) is 11.2 Å². The molecule has 0 spiro atoms. The molecule has 0 aliphatic heterocycles. The van der Waals surface area contributed by atoms with Gasteiger partial charge < -0.3 is 15.3 Å². The van der Waals surface area contributed by atoms with Crippen molar-refractivity contribution in [3.63, 3.8) is 0 Å². The zero-order chi connectivity index (χ0) is 27.9. The van der Waals surface area contributed by atoms with Gasteiger partial charge in [0, 0.05) is 6.42 Å². The largest absolute Gasteiger partial charge is 0.390 e. The summed E-state index contributed by atoms with van der Waals surface area (Å²) in [7, 11) is 0. The fraction of sp³-hybridized carbons (Fsp3) is 0.938. The third-order valence-electron chi connectivity index (χ3n) is 11.6. The average molecular weight is 527 g/mol. The number of rotatable bonds is 7. The Hall–Kier alpha value is -0.520. The Kier molecular flexibility index (Phi) is 9.35. The van der Waals surface area contributed by atoms with Crippen LogP contribution in [0.4, 0.5) is 8.78 Å². The number of halogens is 2. The van der Waals surface area contributed by atoms with Gasteiger partial charge >= 0.3 is 0 Å². The van der Waals surface area contributed by atoms with Gasteiger partial charge in [0.1, 0.15) is 6.10 Å². The highest BCUT2D eigenvalue weighted by Gasteiger charge is 2.59. The summed E-state index contributed by atoms with van der Waals surface area (Å²) in [5.41, 5.74) is 0.885. The van der Waals surface area contributed by atoms with Crippen molar-refractivity contribution in [2.75, 3.05) is 0 Å². The van der Waals surface area contributed by atoms with Crippen molar-refractivity contribution in [1.29, 1.82) is 0 Å². The molecule has 5 heteroatoms. The minimum absolute atomic E-state index is 0.164. The Morgan fingerprint density at radius 3 is 2.27 bits per heavy atom. The van der Waals surface area contributed by atoms with Gasteiger partial charge in [-0.15, -0.1) is 0 Å². The Labute approximate surface area is 225 Å². The molecule has 3 saturated carbocycles. The summed E-state index contributed by atoms with van der Waals surface area (Å²) in [6.07, 6.45) is 12.5. The monoisotopic (exact) mass is 526 g/mol. The zero-order valence-electron chi connectivity index (χ0n) is 24.8. The lowest BCUT2D eigenvalue weighted by molar-refractivity contribution is -0.113. The second kappa shape index (κ2) is 11.2. The van der Waals surface area contributed by atoms with Crippen LogP contribution in [-0.2, 0) is 0 Å². The molecule has 3 N–H and O–H groups in total. The van der Waals surface area contributed by atoms with Crippen LogP contribution in [0.2, 0.25) is 0 Å². The van der Waals surface area contributed by atoms with Gasteiger partial charge in [-0.1, -0.05) is 45.8 Å². The molecular formula is C32H56F2O3. The van der Waals surface area contributed by atoms with Crippen LogP contribution >= 0.6 is 0 Å². The molecule has 0 aromatic heterocycles. The van der Waals surface area contributed by atoms with Crippen LogP contribution in [0.15, 0.2) is 11.6 Å². The van der Waals surface area contributed by atoms with Crippen molar-refractivity contribution in [2.45, 2.75) is 155 Å². The van der Waals surface area contributed by atoms with E-state index in [4.69, 9.17) is 0 Å². The number of fused-ring (bicyclic) bond motifs is 5. The predicted molar refractivity (Wildman–Crippen MR) is 148 cm³/mol.